The van der Waals surface area contributed by atoms with Gasteiger partial charge >= 0.3 is 5.69 Å². The minimum atomic E-state index is -0.298. The third kappa shape index (κ3) is 5.45. The van der Waals surface area contributed by atoms with E-state index in [0.29, 0.717) is 34.7 Å². The number of methoxy groups -OCH3 is 1. The summed E-state index contributed by atoms with van der Waals surface area (Å²) in [5, 5.41) is 5.62. The first kappa shape index (κ1) is 20.2. The predicted octanol–water partition coefficient (Wildman–Crippen LogP) is 0.347. The SMILES string of the molecule is CC[NH+](CC(=O)Nc1ccc(OC)cc1)CC(=O)Nc1ccc2[nH]c(=O)[nH]c2c1. The van der Waals surface area contributed by atoms with Crippen molar-refractivity contribution in [3.63, 3.8) is 0 Å². The van der Waals surface area contributed by atoms with E-state index < -0.39 is 0 Å². The number of carbonyl (C=O) groups is 2. The number of hydrogen-bond donors (Lipinski definition) is 5. The fraction of sp³-hybridized carbons (Fsp3) is 0.250. The van der Waals surface area contributed by atoms with Crippen molar-refractivity contribution in [2.45, 2.75) is 6.92 Å². The molecule has 9 heteroatoms. The number of benzene rings is 2. The minimum absolute atomic E-state index is 0.147. The number of hydrogen-bond acceptors (Lipinski definition) is 4. The maximum absolute atomic E-state index is 12.4. The monoisotopic (exact) mass is 398 g/mol. The van der Waals surface area contributed by atoms with Crippen molar-refractivity contribution in [3.8, 4) is 5.75 Å². The fourth-order valence-electron chi connectivity index (χ4n) is 2.96. The van der Waals surface area contributed by atoms with Crippen LogP contribution in [0.25, 0.3) is 11.0 Å². The lowest BCUT2D eigenvalue weighted by molar-refractivity contribution is -0.881. The van der Waals surface area contributed by atoms with Gasteiger partial charge in [0.2, 0.25) is 0 Å². The summed E-state index contributed by atoms with van der Waals surface area (Å²) in [6, 6.07) is 12.2. The van der Waals surface area contributed by atoms with Crippen LogP contribution in [0, 0.1) is 0 Å². The second kappa shape index (κ2) is 9.07. The molecule has 0 aliphatic heterocycles. The van der Waals surface area contributed by atoms with Gasteiger partial charge in [-0.25, -0.2) is 4.79 Å². The Labute approximate surface area is 167 Å². The number of imidazole rings is 1. The molecule has 1 unspecified atom stereocenters. The number of carbonyl (C=O) groups excluding carboxylic acids is 2. The number of quaternary nitrogens is 1. The van der Waals surface area contributed by atoms with Gasteiger partial charge in [-0.05, 0) is 49.4 Å². The van der Waals surface area contributed by atoms with Crippen LogP contribution in [0.2, 0.25) is 0 Å². The molecule has 9 nitrogen and oxygen atoms in total. The van der Waals surface area contributed by atoms with E-state index in [1.807, 2.05) is 6.92 Å². The largest absolute Gasteiger partial charge is 0.497 e. The van der Waals surface area contributed by atoms with Crippen LogP contribution >= 0.6 is 0 Å². The third-order valence-electron chi connectivity index (χ3n) is 4.49. The number of anilines is 2. The highest BCUT2D eigenvalue weighted by atomic mass is 16.5. The molecule has 152 valence electrons. The summed E-state index contributed by atoms with van der Waals surface area (Å²) in [7, 11) is 1.58. The molecular weight excluding hydrogens is 374 g/mol. The Morgan fingerprint density at radius 3 is 2.14 bits per heavy atom. The van der Waals surface area contributed by atoms with E-state index in [1.165, 1.54) is 0 Å². The molecule has 0 bridgehead atoms. The average Bonchev–Trinajstić information content (AvgIpc) is 3.07. The molecule has 0 spiro atoms. The Balaban J connectivity index is 1.54. The van der Waals surface area contributed by atoms with Crippen LogP contribution in [0.3, 0.4) is 0 Å². The van der Waals surface area contributed by atoms with Gasteiger partial charge < -0.3 is 30.2 Å². The number of H-pyrrole nitrogens is 2. The van der Waals surface area contributed by atoms with Gasteiger partial charge in [-0.15, -0.1) is 0 Å². The standard InChI is InChI=1S/C20H23N5O4/c1-3-25(11-18(26)21-13-4-7-15(29-2)8-5-13)12-19(27)22-14-6-9-16-17(10-14)24-20(28)23-16/h4-10H,3,11-12H2,1-2H3,(H,21,26)(H,22,27)(H2,23,24,28)/p+1. The molecule has 0 radical (unpaired) electrons. The Hall–Kier alpha value is -3.59. The van der Waals surface area contributed by atoms with Crippen LogP contribution in [0.15, 0.2) is 47.3 Å². The smallest absolute Gasteiger partial charge is 0.323 e. The molecule has 1 heterocycles. The van der Waals surface area contributed by atoms with Gasteiger partial charge in [0.05, 0.1) is 24.7 Å². The van der Waals surface area contributed by atoms with Gasteiger partial charge in [-0.1, -0.05) is 0 Å². The normalized spacial score (nSPS) is 11.8. The number of ether oxygens (including phenoxy) is 1. The van der Waals surface area contributed by atoms with Gasteiger partial charge in [0.15, 0.2) is 13.1 Å². The average molecular weight is 398 g/mol. The summed E-state index contributed by atoms with van der Waals surface area (Å²) in [6.07, 6.45) is 0. The van der Waals surface area contributed by atoms with E-state index in [4.69, 9.17) is 4.74 Å². The van der Waals surface area contributed by atoms with Gasteiger partial charge in [0.25, 0.3) is 11.8 Å². The molecule has 1 atom stereocenters. The topological polar surface area (TPSA) is 121 Å². The summed E-state index contributed by atoms with van der Waals surface area (Å²) >= 11 is 0. The molecule has 5 N–H and O–H groups in total. The van der Waals surface area contributed by atoms with Crippen LogP contribution in [0.1, 0.15) is 6.92 Å². The van der Waals surface area contributed by atoms with Crippen LogP contribution in [0.4, 0.5) is 11.4 Å². The van der Waals surface area contributed by atoms with Crippen molar-refractivity contribution in [1.29, 1.82) is 0 Å². The summed E-state index contributed by atoms with van der Waals surface area (Å²) in [4.78, 5) is 42.1. The fourth-order valence-corrected chi connectivity index (χ4v) is 2.96. The molecule has 29 heavy (non-hydrogen) atoms. The number of fused-ring (bicyclic) bond motifs is 1. The van der Waals surface area contributed by atoms with Crippen LogP contribution in [-0.2, 0) is 9.59 Å². The number of rotatable bonds is 8. The molecule has 0 aliphatic carbocycles. The lowest BCUT2D eigenvalue weighted by Gasteiger charge is -2.17. The second-order valence-electron chi connectivity index (χ2n) is 6.62. The number of amides is 2. The second-order valence-corrected chi connectivity index (χ2v) is 6.62. The minimum Gasteiger partial charge on any atom is -0.497 e. The first-order valence-corrected chi connectivity index (χ1v) is 9.26. The number of aromatic nitrogens is 2. The quantitative estimate of drug-likeness (QED) is 0.376. The molecule has 3 rings (SSSR count). The van der Waals surface area contributed by atoms with Crippen molar-refractivity contribution >= 4 is 34.2 Å². The Kier molecular flexibility index (Phi) is 6.30. The lowest BCUT2D eigenvalue weighted by atomic mass is 10.2. The van der Waals surface area contributed by atoms with Crippen molar-refractivity contribution in [2.24, 2.45) is 0 Å². The maximum Gasteiger partial charge on any atom is 0.323 e. The molecule has 1 aromatic heterocycles. The maximum atomic E-state index is 12.4. The van der Waals surface area contributed by atoms with E-state index in [-0.39, 0.29) is 30.6 Å². The van der Waals surface area contributed by atoms with E-state index in [1.54, 1.807) is 49.6 Å². The lowest BCUT2D eigenvalue weighted by Crippen LogP contribution is -3.13. The van der Waals surface area contributed by atoms with Crippen molar-refractivity contribution in [1.82, 2.24) is 9.97 Å². The van der Waals surface area contributed by atoms with Gasteiger partial charge in [-0.2, -0.15) is 0 Å². The van der Waals surface area contributed by atoms with Crippen molar-refractivity contribution in [3.05, 3.63) is 52.9 Å². The van der Waals surface area contributed by atoms with Gasteiger partial charge in [0.1, 0.15) is 5.75 Å². The Morgan fingerprint density at radius 1 is 0.931 bits per heavy atom. The molecule has 0 saturated carbocycles. The summed E-state index contributed by atoms with van der Waals surface area (Å²) in [5.74, 6) is 0.324. The van der Waals surface area contributed by atoms with E-state index in [2.05, 4.69) is 20.6 Å². The number of likely N-dealkylation sites (N-methyl/N-ethyl adjacent to an activating group) is 1. The first-order valence-electron chi connectivity index (χ1n) is 9.26. The van der Waals surface area contributed by atoms with Crippen LogP contribution in [-0.4, -0.2) is 48.5 Å². The number of aromatic amines is 2. The number of nitrogens with one attached hydrogen (secondary N) is 5. The summed E-state index contributed by atoms with van der Waals surface area (Å²) in [6.45, 7) is 2.85. The molecule has 0 fully saturated rings. The molecule has 2 amide bonds. The zero-order chi connectivity index (χ0) is 20.8. The predicted molar refractivity (Wildman–Crippen MR) is 110 cm³/mol. The van der Waals surface area contributed by atoms with Crippen LogP contribution in [0.5, 0.6) is 5.75 Å². The van der Waals surface area contributed by atoms with E-state index in [0.717, 1.165) is 4.90 Å². The van der Waals surface area contributed by atoms with E-state index in [9.17, 15) is 14.4 Å². The highest BCUT2D eigenvalue weighted by Gasteiger charge is 2.17. The van der Waals surface area contributed by atoms with Crippen LogP contribution < -0.4 is 26.0 Å². The highest BCUT2D eigenvalue weighted by molar-refractivity contribution is 5.94. The Bertz CT molecular complexity index is 1050. The molecule has 2 aromatic carbocycles. The zero-order valence-corrected chi connectivity index (χ0v) is 16.3. The van der Waals surface area contributed by atoms with Gasteiger partial charge in [-0.3, -0.25) is 9.59 Å². The summed E-state index contributed by atoms with van der Waals surface area (Å²) < 4.78 is 5.09. The van der Waals surface area contributed by atoms with Crippen molar-refractivity contribution < 1.29 is 19.2 Å². The van der Waals surface area contributed by atoms with Gasteiger partial charge in [0, 0.05) is 11.4 Å². The zero-order valence-electron chi connectivity index (χ0n) is 16.3. The first-order chi connectivity index (χ1) is 14.0. The third-order valence-corrected chi connectivity index (χ3v) is 4.49. The molecule has 3 aromatic rings. The molecular formula is C20H24N5O4+. The van der Waals surface area contributed by atoms with Crippen molar-refractivity contribution in [2.75, 3.05) is 37.4 Å². The highest BCUT2D eigenvalue weighted by Crippen LogP contribution is 2.15. The molecule has 0 saturated heterocycles. The van der Waals surface area contributed by atoms with E-state index >= 15 is 0 Å². The summed E-state index contributed by atoms with van der Waals surface area (Å²) in [5.41, 5.74) is 2.24. The molecule has 0 aliphatic rings. The Morgan fingerprint density at radius 2 is 1.52 bits per heavy atom.